The molecule has 0 bridgehead atoms. The zero-order valence-corrected chi connectivity index (χ0v) is 18.4. The van der Waals surface area contributed by atoms with E-state index in [2.05, 4.69) is 47.7 Å². The van der Waals surface area contributed by atoms with Crippen molar-refractivity contribution in [1.82, 2.24) is 5.43 Å². The van der Waals surface area contributed by atoms with Crippen LogP contribution in [0.3, 0.4) is 0 Å². The van der Waals surface area contributed by atoms with Crippen LogP contribution in [0.1, 0.15) is 26.3 Å². The number of aromatic hydroxyl groups is 1. The van der Waals surface area contributed by atoms with Crippen LogP contribution in [0.5, 0.6) is 5.75 Å². The van der Waals surface area contributed by atoms with Crippen LogP contribution in [0.15, 0.2) is 74.7 Å². The molecule has 30 heavy (non-hydrogen) atoms. The number of anilines is 1. The highest BCUT2D eigenvalue weighted by Gasteiger charge is 2.09. The third-order valence-electron chi connectivity index (χ3n) is 3.94. The highest BCUT2D eigenvalue weighted by atomic mass is 79.9. The molecule has 0 aromatic heterocycles. The molecule has 0 heterocycles. The van der Waals surface area contributed by atoms with Gasteiger partial charge in [0.15, 0.2) is 0 Å². The van der Waals surface area contributed by atoms with E-state index in [0.717, 1.165) is 4.47 Å². The summed E-state index contributed by atoms with van der Waals surface area (Å²) in [5.74, 6) is -1.28. The van der Waals surface area contributed by atoms with E-state index in [0.29, 0.717) is 26.9 Å². The predicted octanol–water partition coefficient (Wildman–Crippen LogP) is 5.07. The second-order valence-corrected chi connectivity index (χ2v) is 7.83. The average Bonchev–Trinajstić information content (AvgIpc) is 2.72. The molecule has 0 unspecified atom stereocenters. The molecule has 152 valence electrons. The first-order chi connectivity index (χ1) is 14.3. The molecule has 0 aliphatic heterocycles. The van der Waals surface area contributed by atoms with Crippen molar-refractivity contribution in [3.8, 4) is 5.75 Å². The number of nitrogens with zero attached hydrogens (tertiary/aromatic N) is 1. The number of hydrazone groups is 1. The number of halogens is 3. The summed E-state index contributed by atoms with van der Waals surface area (Å²) >= 11 is 6.53. The molecule has 0 saturated carbocycles. The average molecular weight is 535 g/mol. The first-order valence-corrected chi connectivity index (χ1v) is 10.1. The normalized spacial score (nSPS) is 10.8. The van der Waals surface area contributed by atoms with Crippen LogP contribution in [0.4, 0.5) is 10.1 Å². The quantitative estimate of drug-likeness (QED) is 0.315. The van der Waals surface area contributed by atoms with Crippen LogP contribution in [0.2, 0.25) is 0 Å². The summed E-state index contributed by atoms with van der Waals surface area (Å²) in [6, 6.07) is 14.7. The van der Waals surface area contributed by atoms with Gasteiger partial charge in [0.25, 0.3) is 11.8 Å². The number of phenols is 1. The van der Waals surface area contributed by atoms with E-state index in [1.807, 2.05) is 0 Å². The molecule has 3 aromatic rings. The van der Waals surface area contributed by atoms with Crippen LogP contribution in [0.25, 0.3) is 0 Å². The Hall–Kier alpha value is -3.04. The fourth-order valence-electron chi connectivity index (χ4n) is 2.42. The van der Waals surface area contributed by atoms with Gasteiger partial charge in [-0.25, -0.2) is 9.82 Å². The summed E-state index contributed by atoms with van der Waals surface area (Å²) in [5, 5.41) is 16.5. The minimum Gasteiger partial charge on any atom is -0.506 e. The second kappa shape index (κ2) is 9.64. The Bertz CT molecular complexity index is 1120. The molecule has 3 rings (SSSR count). The van der Waals surface area contributed by atoms with Gasteiger partial charge >= 0.3 is 0 Å². The maximum Gasteiger partial charge on any atom is 0.271 e. The lowest BCUT2D eigenvalue weighted by Crippen LogP contribution is -2.18. The van der Waals surface area contributed by atoms with Gasteiger partial charge in [-0.3, -0.25) is 9.59 Å². The van der Waals surface area contributed by atoms with Crippen LogP contribution < -0.4 is 10.7 Å². The van der Waals surface area contributed by atoms with E-state index < -0.39 is 17.6 Å². The molecule has 0 spiro atoms. The number of rotatable bonds is 5. The van der Waals surface area contributed by atoms with Crippen molar-refractivity contribution in [2.75, 3.05) is 5.32 Å². The molecule has 9 heteroatoms. The topological polar surface area (TPSA) is 90.8 Å². The van der Waals surface area contributed by atoms with E-state index in [-0.39, 0.29) is 5.75 Å². The maximum absolute atomic E-state index is 12.9. The van der Waals surface area contributed by atoms with E-state index in [1.54, 1.807) is 24.3 Å². The lowest BCUT2D eigenvalue weighted by atomic mass is 10.1. The minimum absolute atomic E-state index is 0.00236. The SMILES string of the molecule is O=C(N/N=C/c1cc(Br)cc(Br)c1O)c1ccc(NC(=O)c2ccc(F)cc2)cc1. The molecular formula is C21H14Br2FN3O3. The first kappa shape index (κ1) is 21.7. The van der Waals surface area contributed by atoms with Crippen LogP contribution in [0, 0.1) is 5.82 Å². The number of nitrogens with one attached hydrogen (secondary N) is 2. The number of amides is 2. The van der Waals surface area contributed by atoms with Gasteiger partial charge in [-0.1, -0.05) is 15.9 Å². The highest BCUT2D eigenvalue weighted by molar-refractivity contribution is 9.11. The number of carbonyl (C=O) groups is 2. The Morgan fingerprint density at radius 1 is 0.933 bits per heavy atom. The Morgan fingerprint density at radius 2 is 1.53 bits per heavy atom. The van der Waals surface area contributed by atoms with Gasteiger partial charge in [0, 0.05) is 26.9 Å². The Kier molecular flexibility index (Phi) is 6.96. The number of carbonyl (C=O) groups excluding carboxylic acids is 2. The molecular weight excluding hydrogens is 521 g/mol. The fourth-order valence-corrected chi connectivity index (χ4v) is 3.68. The lowest BCUT2D eigenvalue weighted by Gasteiger charge is -2.06. The van der Waals surface area contributed by atoms with Crippen molar-refractivity contribution in [3.63, 3.8) is 0 Å². The molecule has 0 fully saturated rings. The van der Waals surface area contributed by atoms with Gasteiger partial charge in [0.05, 0.1) is 10.7 Å². The minimum atomic E-state index is -0.462. The zero-order valence-electron chi connectivity index (χ0n) is 15.2. The van der Waals surface area contributed by atoms with Gasteiger partial charge in [0.2, 0.25) is 0 Å². The summed E-state index contributed by atoms with van der Waals surface area (Å²) in [6.45, 7) is 0. The van der Waals surface area contributed by atoms with Gasteiger partial charge in [0.1, 0.15) is 11.6 Å². The largest absolute Gasteiger partial charge is 0.506 e. The van der Waals surface area contributed by atoms with Gasteiger partial charge in [-0.05, 0) is 76.6 Å². The van der Waals surface area contributed by atoms with E-state index in [1.165, 1.54) is 42.6 Å². The molecule has 3 aromatic carbocycles. The van der Waals surface area contributed by atoms with Crippen molar-refractivity contribution in [2.24, 2.45) is 5.10 Å². The number of hydrogen-bond donors (Lipinski definition) is 3. The Balaban J connectivity index is 1.61. The molecule has 0 aliphatic rings. The molecule has 0 saturated heterocycles. The molecule has 0 aliphatic carbocycles. The number of phenolic OH excluding ortho intramolecular Hbond substituents is 1. The zero-order chi connectivity index (χ0) is 21.7. The van der Waals surface area contributed by atoms with Crippen molar-refractivity contribution in [2.45, 2.75) is 0 Å². The van der Waals surface area contributed by atoms with E-state index >= 15 is 0 Å². The van der Waals surface area contributed by atoms with Gasteiger partial charge in [-0.15, -0.1) is 0 Å². The summed E-state index contributed by atoms with van der Waals surface area (Å²) in [7, 11) is 0. The van der Waals surface area contributed by atoms with Crippen LogP contribution in [-0.4, -0.2) is 23.1 Å². The lowest BCUT2D eigenvalue weighted by molar-refractivity contribution is 0.0954. The number of benzene rings is 3. The Labute approximate surface area is 188 Å². The predicted molar refractivity (Wildman–Crippen MR) is 119 cm³/mol. The molecule has 2 amide bonds. The van der Waals surface area contributed by atoms with Crippen molar-refractivity contribution in [1.29, 1.82) is 0 Å². The van der Waals surface area contributed by atoms with Crippen molar-refractivity contribution >= 4 is 55.6 Å². The molecule has 0 atom stereocenters. The van der Waals surface area contributed by atoms with Gasteiger partial charge < -0.3 is 10.4 Å². The van der Waals surface area contributed by atoms with E-state index in [4.69, 9.17) is 0 Å². The molecule has 3 N–H and O–H groups in total. The number of hydrogen-bond acceptors (Lipinski definition) is 4. The highest BCUT2D eigenvalue weighted by Crippen LogP contribution is 2.30. The van der Waals surface area contributed by atoms with E-state index in [9.17, 15) is 19.1 Å². The smallest absolute Gasteiger partial charge is 0.271 e. The van der Waals surface area contributed by atoms with Gasteiger partial charge in [-0.2, -0.15) is 5.10 Å². The summed E-state index contributed by atoms with van der Waals surface area (Å²) in [4.78, 5) is 24.3. The molecule has 6 nitrogen and oxygen atoms in total. The van der Waals surface area contributed by atoms with Crippen molar-refractivity contribution in [3.05, 3.63) is 92.1 Å². The standard InChI is InChI=1S/C21H14Br2FN3O3/c22-15-9-14(19(28)18(23)10-15)11-25-27-21(30)13-3-7-17(8-4-13)26-20(29)12-1-5-16(24)6-2-12/h1-11,28H,(H,26,29)(H,27,30)/b25-11+. The first-order valence-electron chi connectivity index (χ1n) is 8.52. The maximum atomic E-state index is 12.9. The second-order valence-electron chi connectivity index (χ2n) is 6.06. The summed E-state index contributed by atoms with van der Waals surface area (Å²) in [6.07, 6.45) is 1.32. The monoisotopic (exact) mass is 533 g/mol. The summed E-state index contributed by atoms with van der Waals surface area (Å²) in [5.41, 5.74) is 3.90. The van der Waals surface area contributed by atoms with Crippen molar-refractivity contribution < 1.29 is 19.1 Å². The third-order valence-corrected chi connectivity index (χ3v) is 5.00. The van der Waals surface area contributed by atoms with Crippen LogP contribution in [-0.2, 0) is 0 Å². The summed E-state index contributed by atoms with van der Waals surface area (Å²) < 4.78 is 14.2. The third kappa shape index (κ3) is 5.52. The fraction of sp³-hybridized carbons (Fsp3) is 0. The molecule has 0 radical (unpaired) electrons. The Morgan fingerprint density at radius 3 is 2.20 bits per heavy atom. The van der Waals surface area contributed by atoms with Crippen LogP contribution >= 0.6 is 31.9 Å².